The van der Waals surface area contributed by atoms with Crippen LogP contribution < -0.4 is 5.32 Å². The van der Waals surface area contributed by atoms with Crippen molar-refractivity contribution in [2.45, 2.75) is 19.8 Å². The lowest BCUT2D eigenvalue weighted by Gasteiger charge is -2.31. The Morgan fingerprint density at radius 3 is 2.71 bits per heavy atom. The van der Waals surface area contributed by atoms with Gasteiger partial charge in [-0.15, -0.1) is 0 Å². The molecule has 0 bridgehead atoms. The first kappa shape index (κ1) is 17.1. The third-order valence-corrected chi connectivity index (χ3v) is 4.52. The highest BCUT2D eigenvalue weighted by Gasteiger charge is 2.22. The van der Waals surface area contributed by atoms with Gasteiger partial charge in [0.1, 0.15) is 5.82 Å². The maximum atomic E-state index is 12.7. The van der Waals surface area contributed by atoms with Gasteiger partial charge in [-0.05, 0) is 49.1 Å². The summed E-state index contributed by atoms with van der Waals surface area (Å²) in [6.07, 6.45) is 3.88. The number of piperidine rings is 1. The van der Waals surface area contributed by atoms with E-state index in [9.17, 15) is 4.79 Å². The van der Waals surface area contributed by atoms with Gasteiger partial charge in [0.15, 0.2) is 0 Å². The van der Waals surface area contributed by atoms with Gasteiger partial charge in [0.2, 0.25) is 0 Å². The topological polar surface area (TPSA) is 45.2 Å². The highest BCUT2D eigenvalue weighted by Crippen LogP contribution is 2.25. The normalized spacial score (nSPS) is 17.6. The summed E-state index contributed by atoms with van der Waals surface area (Å²) in [5.74, 6) is 1.19. The molecule has 3 rings (SSSR count). The number of benzene rings is 1. The number of halogens is 2. The second-order valence-electron chi connectivity index (χ2n) is 6.21. The van der Waals surface area contributed by atoms with Crippen LogP contribution in [0.15, 0.2) is 36.5 Å². The standard InChI is InChI=1S/C18H19Cl2N3O/c1-12-3-2-6-23(11-12)18(24)13-4-5-21-17(7-13)22-16-9-14(19)8-15(20)10-16/h4-5,7-10,12H,2-3,6,11H2,1H3,(H,21,22). The number of nitrogens with zero attached hydrogens (tertiary/aromatic N) is 2. The molecule has 1 atom stereocenters. The number of aromatic nitrogens is 1. The number of hydrogen-bond donors (Lipinski definition) is 1. The zero-order chi connectivity index (χ0) is 17.1. The van der Waals surface area contributed by atoms with Crippen molar-refractivity contribution in [3.63, 3.8) is 0 Å². The van der Waals surface area contributed by atoms with E-state index in [0.29, 0.717) is 27.3 Å². The van der Waals surface area contributed by atoms with Crippen LogP contribution in [0.25, 0.3) is 0 Å². The van der Waals surface area contributed by atoms with Crippen LogP contribution in [0.4, 0.5) is 11.5 Å². The maximum absolute atomic E-state index is 12.7. The number of hydrogen-bond acceptors (Lipinski definition) is 3. The van der Waals surface area contributed by atoms with Gasteiger partial charge in [0, 0.05) is 40.6 Å². The Balaban J connectivity index is 1.77. The molecule has 1 unspecified atom stereocenters. The lowest BCUT2D eigenvalue weighted by molar-refractivity contribution is 0.0683. The summed E-state index contributed by atoms with van der Waals surface area (Å²) in [6.45, 7) is 3.81. The summed E-state index contributed by atoms with van der Waals surface area (Å²) >= 11 is 12.0. The van der Waals surface area contributed by atoms with Gasteiger partial charge < -0.3 is 10.2 Å². The molecule has 1 aromatic heterocycles. The first-order chi connectivity index (χ1) is 11.5. The van der Waals surface area contributed by atoms with E-state index in [-0.39, 0.29) is 5.91 Å². The number of carbonyl (C=O) groups excluding carboxylic acids is 1. The van der Waals surface area contributed by atoms with Gasteiger partial charge in [-0.3, -0.25) is 4.79 Å². The van der Waals surface area contributed by atoms with Gasteiger partial charge in [0.25, 0.3) is 5.91 Å². The van der Waals surface area contributed by atoms with Gasteiger partial charge in [0.05, 0.1) is 0 Å². The van der Waals surface area contributed by atoms with Crippen LogP contribution in [0.2, 0.25) is 10.0 Å². The number of pyridine rings is 1. The zero-order valence-corrected chi connectivity index (χ0v) is 14.9. The van der Waals surface area contributed by atoms with Crippen molar-refractivity contribution in [3.05, 3.63) is 52.1 Å². The summed E-state index contributed by atoms with van der Waals surface area (Å²) in [4.78, 5) is 18.9. The van der Waals surface area contributed by atoms with E-state index in [0.717, 1.165) is 25.2 Å². The first-order valence-corrected chi connectivity index (χ1v) is 8.75. The Morgan fingerprint density at radius 1 is 1.25 bits per heavy atom. The molecule has 1 saturated heterocycles. The summed E-state index contributed by atoms with van der Waals surface area (Å²) in [6, 6.07) is 8.69. The minimum Gasteiger partial charge on any atom is -0.340 e. The maximum Gasteiger partial charge on any atom is 0.254 e. The minimum absolute atomic E-state index is 0.0520. The van der Waals surface area contributed by atoms with Crippen molar-refractivity contribution >= 4 is 40.6 Å². The van der Waals surface area contributed by atoms with Crippen molar-refractivity contribution < 1.29 is 4.79 Å². The van der Waals surface area contributed by atoms with Crippen molar-refractivity contribution in [3.8, 4) is 0 Å². The average Bonchev–Trinajstić information content (AvgIpc) is 2.53. The molecule has 0 spiro atoms. The smallest absolute Gasteiger partial charge is 0.254 e. The fourth-order valence-electron chi connectivity index (χ4n) is 2.96. The fourth-order valence-corrected chi connectivity index (χ4v) is 3.49. The SMILES string of the molecule is CC1CCCN(C(=O)c2ccnc(Nc3cc(Cl)cc(Cl)c3)c2)C1. The fraction of sp³-hybridized carbons (Fsp3) is 0.333. The van der Waals surface area contributed by atoms with Crippen LogP contribution in [0, 0.1) is 5.92 Å². The molecular weight excluding hydrogens is 345 g/mol. The van der Waals surface area contributed by atoms with Crippen molar-refractivity contribution in [1.29, 1.82) is 0 Å². The van der Waals surface area contributed by atoms with Crippen LogP contribution in [-0.2, 0) is 0 Å². The number of rotatable bonds is 3. The molecule has 24 heavy (non-hydrogen) atoms. The Labute approximate surface area is 151 Å². The molecule has 6 heteroatoms. The molecule has 0 saturated carbocycles. The van der Waals surface area contributed by atoms with Gasteiger partial charge in [-0.1, -0.05) is 30.1 Å². The number of carbonyl (C=O) groups is 1. The van der Waals surface area contributed by atoms with E-state index in [1.54, 1.807) is 36.5 Å². The Kier molecular flexibility index (Phi) is 5.27. The van der Waals surface area contributed by atoms with E-state index < -0.39 is 0 Å². The summed E-state index contributed by atoms with van der Waals surface area (Å²) in [7, 11) is 0. The van der Waals surface area contributed by atoms with Crippen molar-refractivity contribution in [1.82, 2.24) is 9.88 Å². The third-order valence-electron chi connectivity index (χ3n) is 4.09. The average molecular weight is 364 g/mol. The highest BCUT2D eigenvalue weighted by molar-refractivity contribution is 6.35. The van der Waals surface area contributed by atoms with Gasteiger partial charge in [-0.25, -0.2) is 4.98 Å². The van der Waals surface area contributed by atoms with Crippen LogP contribution in [0.5, 0.6) is 0 Å². The molecule has 1 N–H and O–H groups in total. The van der Waals surface area contributed by atoms with Crippen LogP contribution >= 0.6 is 23.2 Å². The number of anilines is 2. The molecule has 2 heterocycles. The number of amides is 1. The van der Waals surface area contributed by atoms with E-state index >= 15 is 0 Å². The predicted molar refractivity (Wildman–Crippen MR) is 98.3 cm³/mol. The second kappa shape index (κ2) is 7.41. The Morgan fingerprint density at radius 2 is 2.00 bits per heavy atom. The Bertz CT molecular complexity index is 731. The zero-order valence-electron chi connectivity index (χ0n) is 13.4. The molecule has 4 nitrogen and oxygen atoms in total. The molecule has 2 aromatic rings. The van der Waals surface area contributed by atoms with E-state index in [4.69, 9.17) is 23.2 Å². The molecule has 1 aliphatic rings. The van der Waals surface area contributed by atoms with E-state index in [2.05, 4.69) is 17.2 Å². The molecule has 1 amide bonds. The van der Waals surface area contributed by atoms with Crippen molar-refractivity contribution in [2.24, 2.45) is 5.92 Å². The molecule has 0 aliphatic carbocycles. The van der Waals surface area contributed by atoms with Gasteiger partial charge >= 0.3 is 0 Å². The predicted octanol–water partition coefficient (Wildman–Crippen LogP) is 5.00. The molecule has 1 aliphatic heterocycles. The lowest BCUT2D eigenvalue weighted by Crippen LogP contribution is -2.39. The molecular formula is C18H19Cl2N3O. The van der Waals surface area contributed by atoms with E-state index in [1.807, 2.05) is 4.90 Å². The highest BCUT2D eigenvalue weighted by atomic mass is 35.5. The monoisotopic (exact) mass is 363 g/mol. The van der Waals surface area contributed by atoms with Crippen LogP contribution in [0.3, 0.4) is 0 Å². The second-order valence-corrected chi connectivity index (χ2v) is 7.08. The quantitative estimate of drug-likeness (QED) is 0.833. The van der Waals surface area contributed by atoms with Crippen LogP contribution in [0.1, 0.15) is 30.1 Å². The largest absolute Gasteiger partial charge is 0.340 e. The minimum atomic E-state index is 0.0520. The summed E-state index contributed by atoms with van der Waals surface area (Å²) in [5.41, 5.74) is 1.37. The molecule has 0 radical (unpaired) electrons. The van der Waals surface area contributed by atoms with Gasteiger partial charge in [-0.2, -0.15) is 0 Å². The Hall–Kier alpha value is -1.78. The van der Waals surface area contributed by atoms with Crippen LogP contribution in [-0.4, -0.2) is 28.9 Å². The summed E-state index contributed by atoms with van der Waals surface area (Å²) < 4.78 is 0. The summed E-state index contributed by atoms with van der Waals surface area (Å²) in [5, 5.41) is 4.22. The molecule has 1 aromatic carbocycles. The molecule has 126 valence electrons. The number of likely N-dealkylation sites (tertiary alicyclic amines) is 1. The lowest BCUT2D eigenvalue weighted by atomic mass is 9.99. The third kappa shape index (κ3) is 4.19. The first-order valence-electron chi connectivity index (χ1n) is 8.00. The number of nitrogens with one attached hydrogen (secondary N) is 1. The van der Waals surface area contributed by atoms with Crippen molar-refractivity contribution in [2.75, 3.05) is 18.4 Å². The van der Waals surface area contributed by atoms with E-state index in [1.165, 1.54) is 6.42 Å². The molecule has 1 fully saturated rings.